The van der Waals surface area contributed by atoms with E-state index in [9.17, 15) is 10.4 Å². The maximum Gasteiger partial charge on any atom is 0.0997 e. The number of aliphatic hydroxyl groups excluding tert-OH is 1. The van der Waals surface area contributed by atoms with E-state index in [2.05, 4.69) is 11.1 Å². The number of pyridine rings is 1. The first-order chi connectivity index (χ1) is 10.2. The molecule has 0 radical (unpaired) electrons. The molecule has 1 saturated carbocycles. The maximum absolute atomic E-state index is 10.9. The van der Waals surface area contributed by atoms with Crippen LogP contribution in [0.4, 0.5) is 0 Å². The number of nitriles is 1. The van der Waals surface area contributed by atoms with E-state index in [-0.39, 0.29) is 0 Å². The van der Waals surface area contributed by atoms with Crippen LogP contribution in [0.5, 0.6) is 0 Å². The number of nitrogens with zero attached hydrogens (tertiary/aromatic N) is 2. The Balaban J connectivity index is 2.12. The van der Waals surface area contributed by atoms with Crippen LogP contribution >= 0.6 is 11.6 Å². The van der Waals surface area contributed by atoms with Crippen LogP contribution < -0.4 is 0 Å². The van der Waals surface area contributed by atoms with Crippen molar-refractivity contribution in [3.05, 3.63) is 41.0 Å². The van der Waals surface area contributed by atoms with Crippen molar-refractivity contribution < 1.29 is 5.11 Å². The smallest absolute Gasteiger partial charge is 0.0997 e. The summed E-state index contributed by atoms with van der Waals surface area (Å²) in [5.41, 5.74) is 0.701. The fraction of sp³-hybridized carbons (Fsp3) is 0.412. The van der Waals surface area contributed by atoms with Gasteiger partial charge in [-0.1, -0.05) is 36.9 Å². The second kappa shape index (κ2) is 5.63. The molecule has 4 heteroatoms. The highest BCUT2D eigenvalue weighted by Crippen LogP contribution is 2.47. The first-order valence-electron chi connectivity index (χ1n) is 7.30. The van der Waals surface area contributed by atoms with Gasteiger partial charge in [0, 0.05) is 22.2 Å². The summed E-state index contributed by atoms with van der Waals surface area (Å²) in [6.45, 7) is 0. The van der Waals surface area contributed by atoms with Crippen LogP contribution in [-0.2, 0) is 0 Å². The molecule has 1 unspecified atom stereocenters. The summed E-state index contributed by atoms with van der Waals surface area (Å²) in [6.07, 6.45) is 5.46. The topological polar surface area (TPSA) is 56.9 Å². The molecule has 21 heavy (non-hydrogen) atoms. The normalized spacial score (nSPS) is 19.1. The van der Waals surface area contributed by atoms with Crippen LogP contribution in [0.3, 0.4) is 0 Å². The molecule has 1 fully saturated rings. The average molecular weight is 301 g/mol. The molecular weight excluding hydrogens is 284 g/mol. The number of rotatable bonds is 2. The van der Waals surface area contributed by atoms with Crippen LogP contribution in [0.15, 0.2) is 30.5 Å². The molecule has 0 saturated heterocycles. The standard InChI is InChI=1S/C17H17ClN2O/c18-14-7-6-13(15-12(14)5-4-10-20-15)16(21)17(11-19)8-2-1-3-9-17/h4-7,10,16,21H,1-3,8-9H2. The maximum atomic E-state index is 10.9. The Kier molecular flexibility index (Phi) is 3.84. The average Bonchev–Trinajstić information content (AvgIpc) is 2.55. The highest BCUT2D eigenvalue weighted by Gasteiger charge is 2.41. The van der Waals surface area contributed by atoms with Crippen molar-refractivity contribution in [2.45, 2.75) is 38.2 Å². The van der Waals surface area contributed by atoms with Crippen LogP contribution in [0.25, 0.3) is 10.9 Å². The number of aromatic nitrogens is 1. The predicted molar refractivity (Wildman–Crippen MR) is 82.8 cm³/mol. The number of fused-ring (bicyclic) bond motifs is 1. The fourth-order valence-corrected chi connectivity index (χ4v) is 3.52. The molecule has 1 aliphatic rings. The lowest BCUT2D eigenvalue weighted by molar-refractivity contribution is 0.0369. The molecule has 0 bridgehead atoms. The predicted octanol–water partition coefficient (Wildman–Crippen LogP) is 4.40. The van der Waals surface area contributed by atoms with E-state index < -0.39 is 11.5 Å². The van der Waals surface area contributed by atoms with Crippen LogP contribution in [-0.4, -0.2) is 10.1 Å². The number of aliphatic hydroxyl groups is 1. The third-order valence-electron chi connectivity index (χ3n) is 4.53. The summed E-state index contributed by atoms with van der Waals surface area (Å²) in [4.78, 5) is 4.37. The number of hydrogen-bond donors (Lipinski definition) is 1. The highest BCUT2D eigenvalue weighted by molar-refractivity contribution is 6.35. The second-order valence-electron chi connectivity index (χ2n) is 5.77. The van der Waals surface area contributed by atoms with Gasteiger partial charge >= 0.3 is 0 Å². The van der Waals surface area contributed by atoms with Gasteiger partial charge in [-0.3, -0.25) is 4.98 Å². The molecular formula is C17H17ClN2O. The molecule has 1 aromatic carbocycles. The van der Waals surface area contributed by atoms with Gasteiger partial charge in [-0.15, -0.1) is 0 Å². The van der Waals surface area contributed by atoms with E-state index in [1.807, 2.05) is 12.1 Å². The van der Waals surface area contributed by atoms with Crippen molar-refractivity contribution in [2.75, 3.05) is 0 Å². The quantitative estimate of drug-likeness (QED) is 0.894. The summed E-state index contributed by atoms with van der Waals surface area (Å²) in [7, 11) is 0. The molecule has 1 aromatic heterocycles. The summed E-state index contributed by atoms with van der Waals surface area (Å²) in [5.74, 6) is 0. The van der Waals surface area contributed by atoms with Gasteiger partial charge in [-0.05, 0) is 31.0 Å². The highest BCUT2D eigenvalue weighted by atomic mass is 35.5. The van der Waals surface area contributed by atoms with Crippen molar-refractivity contribution in [1.82, 2.24) is 4.98 Å². The van der Waals surface area contributed by atoms with Crippen LogP contribution in [0, 0.1) is 16.7 Å². The first-order valence-corrected chi connectivity index (χ1v) is 7.68. The van der Waals surface area contributed by atoms with Gasteiger partial charge < -0.3 is 5.11 Å². The Bertz CT molecular complexity index is 701. The van der Waals surface area contributed by atoms with Crippen LogP contribution in [0.1, 0.15) is 43.8 Å². The summed E-state index contributed by atoms with van der Waals surface area (Å²) < 4.78 is 0. The van der Waals surface area contributed by atoms with E-state index in [0.717, 1.165) is 37.5 Å². The lowest BCUT2D eigenvalue weighted by atomic mass is 9.69. The minimum Gasteiger partial charge on any atom is -0.387 e. The zero-order valence-corrected chi connectivity index (χ0v) is 12.5. The van der Waals surface area contributed by atoms with E-state index in [4.69, 9.17) is 11.6 Å². The largest absolute Gasteiger partial charge is 0.387 e. The summed E-state index contributed by atoms with van der Waals surface area (Å²) in [5, 5.41) is 22.0. The zero-order chi connectivity index (χ0) is 14.9. The van der Waals surface area contributed by atoms with Crippen molar-refractivity contribution >= 4 is 22.5 Å². The van der Waals surface area contributed by atoms with Crippen molar-refractivity contribution in [3.8, 4) is 6.07 Å². The van der Waals surface area contributed by atoms with Gasteiger partial charge in [0.25, 0.3) is 0 Å². The van der Waals surface area contributed by atoms with Crippen molar-refractivity contribution in [2.24, 2.45) is 5.41 Å². The Hall–Kier alpha value is -1.63. The molecule has 108 valence electrons. The zero-order valence-electron chi connectivity index (χ0n) is 11.7. The Morgan fingerprint density at radius 2 is 2.00 bits per heavy atom. The van der Waals surface area contributed by atoms with Gasteiger partial charge in [0.1, 0.15) is 0 Å². The lowest BCUT2D eigenvalue weighted by Gasteiger charge is -2.35. The third kappa shape index (κ3) is 2.39. The first kappa shape index (κ1) is 14.3. The lowest BCUT2D eigenvalue weighted by Crippen LogP contribution is -2.30. The monoisotopic (exact) mass is 300 g/mol. The Labute approximate surface area is 129 Å². The van der Waals surface area contributed by atoms with E-state index in [1.54, 1.807) is 18.3 Å². The molecule has 3 rings (SSSR count). The van der Waals surface area contributed by atoms with Gasteiger partial charge in [-0.2, -0.15) is 5.26 Å². The Morgan fingerprint density at radius 1 is 1.24 bits per heavy atom. The number of hydrogen-bond acceptors (Lipinski definition) is 3. The van der Waals surface area contributed by atoms with Crippen LogP contribution in [0.2, 0.25) is 5.02 Å². The van der Waals surface area contributed by atoms with Crippen molar-refractivity contribution in [1.29, 1.82) is 5.26 Å². The molecule has 0 spiro atoms. The van der Waals surface area contributed by atoms with E-state index in [0.29, 0.717) is 16.1 Å². The van der Waals surface area contributed by atoms with Crippen molar-refractivity contribution in [3.63, 3.8) is 0 Å². The minimum atomic E-state index is -0.822. The molecule has 1 atom stereocenters. The molecule has 2 aromatic rings. The summed E-state index contributed by atoms with van der Waals surface area (Å²) in [6, 6.07) is 9.68. The van der Waals surface area contributed by atoms with Gasteiger partial charge in [0.15, 0.2) is 0 Å². The minimum absolute atomic E-state index is 0.615. The molecule has 1 heterocycles. The van der Waals surface area contributed by atoms with Gasteiger partial charge in [0.05, 0.1) is 23.1 Å². The molecule has 3 nitrogen and oxygen atoms in total. The molecule has 0 aliphatic heterocycles. The molecule has 1 N–H and O–H groups in total. The molecule has 1 aliphatic carbocycles. The number of benzene rings is 1. The van der Waals surface area contributed by atoms with Gasteiger partial charge in [0.2, 0.25) is 0 Å². The summed E-state index contributed by atoms with van der Waals surface area (Å²) >= 11 is 6.20. The second-order valence-corrected chi connectivity index (χ2v) is 6.17. The number of halogens is 1. The SMILES string of the molecule is N#CC1(C(O)c2ccc(Cl)c3cccnc23)CCCCC1. The van der Waals surface area contributed by atoms with Gasteiger partial charge in [-0.25, -0.2) is 0 Å². The van der Waals surface area contributed by atoms with E-state index >= 15 is 0 Å². The van der Waals surface area contributed by atoms with E-state index in [1.165, 1.54) is 0 Å². The molecule has 0 amide bonds. The Morgan fingerprint density at radius 3 is 2.71 bits per heavy atom. The fourth-order valence-electron chi connectivity index (χ4n) is 3.31. The third-order valence-corrected chi connectivity index (χ3v) is 4.86.